The fourth-order valence-corrected chi connectivity index (χ4v) is 2.28. The van der Waals surface area contributed by atoms with Crippen molar-refractivity contribution in [3.05, 3.63) is 29.8 Å². The Hall–Kier alpha value is -2.75. The molecule has 3 amide bonds. The third-order valence-electron chi connectivity index (χ3n) is 3.61. The Balaban J connectivity index is 1.75. The molecule has 2 N–H and O–H groups in total. The first-order valence-corrected chi connectivity index (χ1v) is 7.57. The number of benzene rings is 1. The topological polar surface area (TPSA) is 94.5 Å². The van der Waals surface area contributed by atoms with E-state index in [-0.39, 0.29) is 11.9 Å². The van der Waals surface area contributed by atoms with Crippen LogP contribution in [0.1, 0.15) is 18.9 Å². The van der Waals surface area contributed by atoms with Gasteiger partial charge < -0.3 is 20.3 Å². The average Bonchev–Trinajstić information content (AvgIpc) is 2.74. The predicted molar refractivity (Wildman–Crippen MR) is 83.8 cm³/mol. The Kier molecular flexibility index (Phi) is 5.80. The summed E-state index contributed by atoms with van der Waals surface area (Å²) in [5, 5.41) is 14.2. The van der Waals surface area contributed by atoms with E-state index in [0.717, 1.165) is 6.42 Å². The van der Waals surface area contributed by atoms with Crippen molar-refractivity contribution in [2.24, 2.45) is 0 Å². The molecule has 1 aliphatic rings. The lowest BCUT2D eigenvalue weighted by molar-refractivity contribution is -0.124. The second-order valence-corrected chi connectivity index (χ2v) is 5.23. The first kappa shape index (κ1) is 16.6. The van der Waals surface area contributed by atoms with Crippen molar-refractivity contribution in [1.29, 1.82) is 5.26 Å². The molecule has 7 heteroatoms. The number of carbonyl (C=O) groups is 2. The normalized spacial score (nSPS) is 17.7. The van der Waals surface area contributed by atoms with Crippen LogP contribution in [0, 0.1) is 11.3 Å². The maximum atomic E-state index is 12.1. The van der Waals surface area contributed by atoms with Crippen LogP contribution in [0.25, 0.3) is 0 Å². The van der Waals surface area contributed by atoms with E-state index in [2.05, 4.69) is 10.6 Å². The van der Waals surface area contributed by atoms with Gasteiger partial charge in [0.15, 0.2) is 0 Å². The minimum absolute atomic E-state index is 0.133. The fourth-order valence-electron chi connectivity index (χ4n) is 2.28. The van der Waals surface area contributed by atoms with Gasteiger partial charge in [-0.1, -0.05) is 0 Å². The van der Waals surface area contributed by atoms with Gasteiger partial charge in [0.25, 0.3) is 0 Å². The molecule has 1 saturated heterocycles. The molecule has 2 rings (SSSR count). The number of nitrogens with one attached hydrogen (secondary N) is 2. The summed E-state index contributed by atoms with van der Waals surface area (Å²) in [6, 6.07) is 8.06. The highest BCUT2D eigenvalue weighted by molar-refractivity contribution is 5.87. The SMILES string of the molecule is C[C@H]1C(=O)NCCCN1C(=O)NCCOc1ccc(C#N)cc1. The molecule has 1 heterocycles. The Morgan fingerprint density at radius 3 is 2.91 bits per heavy atom. The van der Waals surface area contributed by atoms with Crippen LogP contribution >= 0.6 is 0 Å². The van der Waals surface area contributed by atoms with E-state index < -0.39 is 6.04 Å². The highest BCUT2D eigenvalue weighted by Crippen LogP contribution is 2.11. The number of ether oxygens (including phenoxy) is 1. The number of hydrogen-bond donors (Lipinski definition) is 2. The molecule has 0 bridgehead atoms. The van der Waals surface area contributed by atoms with E-state index in [1.54, 1.807) is 31.2 Å². The van der Waals surface area contributed by atoms with Gasteiger partial charge in [-0.15, -0.1) is 0 Å². The van der Waals surface area contributed by atoms with Crippen LogP contribution in [0.3, 0.4) is 0 Å². The largest absolute Gasteiger partial charge is 0.492 e. The number of carbonyl (C=O) groups excluding carboxylic acids is 2. The summed E-state index contributed by atoms with van der Waals surface area (Å²) in [6.45, 7) is 3.50. The van der Waals surface area contributed by atoms with E-state index in [1.807, 2.05) is 6.07 Å². The number of amides is 3. The standard InChI is InChI=1S/C16H20N4O3/c1-12-15(21)18-7-2-9-20(12)16(22)19-8-10-23-14-5-3-13(11-17)4-6-14/h3-6,12H,2,7-10H2,1H3,(H,18,21)(H,19,22)/t12-/m0/s1. The molecule has 1 aliphatic heterocycles. The Morgan fingerprint density at radius 1 is 1.48 bits per heavy atom. The summed E-state index contributed by atoms with van der Waals surface area (Å²) in [6.07, 6.45) is 0.741. The van der Waals surface area contributed by atoms with Crippen molar-refractivity contribution in [2.45, 2.75) is 19.4 Å². The fraction of sp³-hybridized carbons (Fsp3) is 0.438. The van der Waals surface area contributed by atoms with Crippen LogP contribution in [-0.2, 0) is 4.79 Å². The highest BCUT2D eigenvalue weighted by atomic mass is 16.5. The van der Waals surface area contributed by atoms with Crippen LogP contribution in [0.5, 0.6) is 5.75 Å². The molecule has 1 aromatic rings. The molecule has 0 saturated carbocycles. The lowest BCUT2D eigenvalue weighted by Gasteiger charge is -2.25. The van der Waals surface area contributed by atoms with Gasteiger partial charge in [-0.05, 0) is 37.6 Å². The van der Waals surface area contributed by atoms with Gasteiger partial charge in [-0.3, -0.25) is 4.79 Å². The van der Waals surface area contributed by atoms with Crippen molar-refractivity contribution < 1.29 is 14.3 Å². The van der Waals surface area contributed by atoms with Crippen molar-refractivity contribution >= 4 is 11.9 Å². The van der Waals surface area contributed by atoms with E-state index in [4.69, 9.17) is 10.00 Å². The molecular formula is C16H20N4O3. The lowest BCUT2D eigenvalue weighted by atomic mass is 10.2. The summed E-state index contributed by atoms with van der Waals surface area (Å²) in [5.41, 5.74) is 0.569. The lowest BCUT2D eigenvalue weighted by Crippen LogP contribution is -2.50. The minimum Gasteiger partial charge on any atom is -0.492 e. The summed E-state index contributed by atoms with van der Waals surface area (Å²) >= 11 is 0. The number of nitriles is 1. The molecule has 1 aromatic carbocycles. The summed E-state index contributed by atoms with van der Waals surface area (Å²) < 4.78 is 5.49. The predicted octanol–water partition coefficient (Wildman–Crippen LogP) is 0.857. The molecular weight excluding hydrogens is 296 g/mol. The van der Waals surface area contributed by atoms with Crippen molar-refractivity contribution in [3.8, 4) is 11.8 Å². The van der Waals surface area contributed by atoms with Crippen molar-refractivity contribution in [2.75, 3.05) is 26.2 Å². The zero-order chi connectivity index (χ0) is 16.7. The second-order valence-electron chi connectivity index (χ2n) is 5.23. The number of urea groups is 1. The first-order chi connectivity index (χ1) is 11.1. The molecule has 1 fully saturated rings. The first-order valence-electron chi connectivity index (χ1n) is 7.57. The van der Waals surface area contributed by atoms with Crippen LogP contribution < -0.4 is 15.4 Å². The minimum atomic E-state index is -0.475. The number of nitrogens with zero attached hydrogens (tertiary/aromatic N) is 2. The zero-order valence-corrected chi connectivity index (χ0v) is 13.0. The van der Waals surface area contributed by atoms with Crippen molar-refractivity contribution in [3.63, 3.8) is 0 Å². The van der Waals surface area contributed by atoms with Crippen molar-refractivity contribution in [1.82, 2.24) is 15.5 Å². The molecule has 0 radical (unpaired) electrons. The molecule has 0 unspecified atom stereocenters. The van der Waals surface area contributed by atoms with Gasteiger partial charge >= 0.3 is 6.03 Å². The Bertz CT molecular complexity index is 594. The quantitative estimate of drug-likeness (QED) is 0.805. The van der Waals surface area contributed by atoms with Crippen LogP contribution in [-0.4, -0.2) is 49.1 Å². The maximum absolute atomic E-state index is 12.1. The van der Waals surface area contributed by atoms with Gasteiger partial charge in [0, 0.05) is 13.1 Å². The van der Waals surface area contributed by atoms with E-state index >= 15 is 0 Å². The molecule has 0 spiro atoms. The second kappa shape index (κ2) is 8.03. The molecule has 0 aliphatic carbocycles. The average molecular weight is 316 g/mol. The summed E-state index contributed by atoms with van der Waals surface area (Å²) in [5.74, 6) is 0.507. The maximum Gasteiger partial charge on any atom is 0.318 e. The monoisotopic (exact) mass is 316 g/mol. The molecule has 122 valence electrons. The molecule has 1 atom stereocenters. The van der Waals surface area contributed by atoms with Gasteiger partial charge in [0.1, 0.15) is 18.4 Å². The Labute approximate surface area is 135 Å². The zero-order valence-electron chi connectivity index (χ0n) is 13.0. The van der Waals surface area contributed by atoms with E-state index in [1.165, 1.54) is 4.90 Å². The summed E-state index contributed by atoms with van der Waals surface area (Å²) in [7, 11) is 0. The summed E-state index contributed by atoms with van der Waals surface area (Å²) in [4.78, 5) is 25.4. The molecule has 0 aromatic heterocycles. The molecule has 23 heavy (non-hydrogen) atoms. The third-order valence-corrected chi connectivity index (χ3v) is 3.61. The van der Waals surface area contributed by atoms with E-state index in [9.17, 15) is 9.59 Å². The van der Waals surface area contributed by atoms with Crippen LogP contribution in [0.4, 0.5) is 4.79 Å². The molecule has 7 nitrogen and oxygen atoms in total. The van der Waals surface area contributed by atoms with Crippen LogP contribution in [0.15, 0.2) is 24.3 Å². The van der Waals surface area contributed by atoms with Crippen LogP contribution in [0.2, 0.25) is 0 Å². The number of rotatable bonds is 4. The third kappa shape index (κ3) is 4.61. The van der Waals surface area contributed by atoms with E-state index in [0.29, 0.717) is 37.6 Å². The van der Waals surface area contributed by atoms with Gasteiger partial charge in [-0.2, -0.15) is 5.26 Å². The van der Waals surface area contributed by atoms with Gasteiger partial charge in [0.2, 0.25) is 5.91 Å². The van der Waals surface area contributed by atoms with Gasteiger partial charge in [-0.25, -0.2) is 4.79 Å². The van der Waals surface area contributed by atoms with Gasteiger partial charge in [0.05, 0.1) is 18.2 Å². The Morgan fingerprint density at radius 2 is 2.22 bits per heavy atom. The highest BCUT2D eigenvalue weighted by Gasteiger charge is 2.27. The smallest absolute Gasteiger partial charge is 0.318 e. The number of hydrogen-bond acceptors (Lipinski definition) is 4.